The van der Waals surface area contributed by atoms with Crippen LogP contribution in [0.25, 0.3) is 0 Å². The number of halogens is 2. The monoisotopic (exact) mass is 327 g/mol. The molecule has 1 saturated heterocycles. The third-order valence-electron chi connectivity index (χ3n) is 4.11. The first kappa shape index (κ1) is 15.9. The fourth-order valence-electron chi connectivity index (χ4n) is 2.95. The van der Waals surface area contributed by atoms with Crippen LogP contribution in [0.15, 0.2) is 42.5 Å². The third-order valence-corrected chi connectivity index (χ3v) is 4.11. The normalized spacial score (nSPS) is 16.7. The summed E-state index contributed by atoms with van der Waals surface area (Å²) in [6.45, 7) is 0.566. The molecule has 0 aliphatic carbocycles. The quantitative estimate of drug-likeness (QED) is 0.898. The molecule has 1 aliphatic rings. The van der Waals surface area contributed by atoms with E-state index in [1.165, 1.54) is 24.3 Å². The molecule has 3 rings (SSSR count). The van der Waals surface area contributed by atoms with E-state index in [9.17, 15) is 13.6 Å². The van der Waals surface area contributed by atoms with Crippen molar-refractivity contribution in [3.8, 4) is 6.07 Å². The zero-order valence-electron chi connectivity index (χ0n) is 12.8. The number of hydrogen-bond donors (Lipinski definition) is 1. The number of likely N-dealkylation sites (tertiary alicyclic amines) is 1. The maximum absolute atomic E-state index is 13.2. The fraction of sp³-hybridized carbons (Fsp3) is 0.222. The number of nitrogens with zero attached hydrogens (tertiary/aromatic N) is 2. The Balaban J connectivity index is 1.79. The van der Waals surface area contributed by atoms with Crippen molar-refractivity contribution in [3.05, 3.63) is 65.2 Å². The number of rotatable bonds is 2. The molecule has 2 aromatic rings. The van der Waals surface area contributed by atoms with Crippen LogP contribution in [-0.4, -0.2) is 17.5 Å². The summed E-state index contributed by atoms with van der Waals surface area (Å²) < 4.78 is 26.3. The van der Waals surface area contributed by atoms with Gasteiger partial charge >= 0.3 is 6.03 Å². The first-order valence-electron chi connectivity index (χ1n) is 7.61. The van der Waals surface area contributed by atoms with E-state index in [-0.39, 0.29) is 29.1 Å². The molecule has 4 nitrogen and oxygen atoms in total. The lowest BCUT2D eigenvalue weighted by Crippen LogP contribution is -2.34. The van der Waals surface area contributed by atoms with Gasteiger partial charge in [-0.05, 0) is 48.7 Å². The number of amides is 2. The molecule has 0 spiro atoms. The fourth-order valence-corrected chi connectivity index (χ4v) is 2.95. The van der Waals surface area contributed by atoms with E-state index in [1.807, 2.05) is 6.07 Å². The van der Waals surface area contributed by atoms with Crippen molar-refractivity contribution in [2.45, 2.75) is 18.9 Å². The molecule has 1 aliphatic heterocycles. The number of anilines is 1. The summed E-state index contributed by atoms with van der Waals surface area (Å²) in [6.07, 6.45) is 1.62. The van der Waals surface area contributed by atoms with Crippen LogP contribution in [0.5, 0.6) is 0 Å². The van der Waals surface area contributed by atoms with Crippen molar-refractivity contribution >= 4 is 11.7 Å². The van der Waals surface area contributed by atoms with Gasteiger partial charge < -0.3 is 10.2 Å². The Bertz CT molecular complexity index is 799. The van der Waals surface area contributed by atoms with Crippen molar-refractivity contribution in [2.75, 3.05) is 11.9 Å². The largest absolute Gasteiger partial charge is 0.322 e. The first-order chi connectivity index (χ1) is 11.6. The molecule has 1 unspecified atom stereocenters. The van der Waals surface area contributed by atoms with Gasteiger partial charge in [0.1, 0.15) is 17.7 Å². The van der Waals surface area contributed by atoms with Gasteiger partial charge in [-0.25, -0.2) is 13.6 Å². The van der Waals surface area contributed by atoms with Crippen molar-refractivity contribution in [3.63, 3.8) is 0 Å². The van der Waals surface area contributed by atoms with Crippen LogP contribution in [0.2, 0.25) is 0 Å². The molecular formula is C18H15F2N3O. The average Bonchev–Trinajstić information content (AvgIpc) is 3.07. The van der Waals surface area contributed by atoms with Crippen molar-refractivity contribution in [1.82, 2.24) is 4.90 Å². The molecule has 122 valence electrons. The zero-order valence-corrected chi connectivity index (χ0v) is 12.8. The van der Waals surface area contributed by atoms with Gasteiger partial charge in [0.25, 0.3) is 0 Å². The number of benzene rings is 2. The van der Waals surface area contributed by atoms with Crippen LogP contribution >= 0.6 is 0 Å². The highest BCUT2D eigenvalue weighted by atomic mass is 19.1. The maximum atomic E-state index is 13.2. The molecular weight excluding hydrogens is 312 g/mol. The second kappa shape index (κ2) is 6.67. The third kappa shape index (κ3) is 3.20. The highest BCUT2D eigenvalue weighted by molar-refractivity contribution is 5.91. The lowest BCUT2D eigenvalue weighted by molar-refractivity contribution is 0.207. The SMILES string of the molecule is N#Cc1cc(F)ccc1NC(=O)N1CCCC1c1ccc(F)cc1. The molecule has 2 aromatic carbocycles. The lowest BCUT2D eigenvalue weighted by atomic mass is 10.0. The average molecular weight is 327 g/mol. The molecule has 1 fully saturated rings. The molecule has 24 heavy (non-hydrogen) atoms. The van der Waals surface area contributed by atoms with E-state index in [4.69, 9.17) is 5.26 Å². The summed E-state index contributed by atoms with van der Waals surface area (Å²) in [4.78, 5) is 14.2. The van der Waals surface area contributed by atoms with E-state index >= 15 is 0 Å². The zero-order chi connectivity index (χ0) is 17.1. The molecule has 0 saturated carbocycles. The molecule has 1 heterocycles. The minimum Gasteiger partial charge on any atom is -0.317 e. The van der Waals surface area contributed by atoms with Gasteiger partial charge in [-0.3, -0.25) is 0 Å². The lowest BCUT2D eigenvalue weighted by Gasteiger charge is -2.25. The van der Waals surface area contributed by atoms with E-state index in [0.717, 1.165) is 24.5 Å². The number of nitrogens with one attached hydrogen (secondary N) is 1. The minimum atomic E-state index is -0.532. The van der Waals surface area contributed by atoms with Gasteiger partial charge in [-0.15, -0.1) is 0 Å². The molecule has 0 radical (unpaired) electrons. The summed E-state index contributed by atoms with van der Waals surface area (Å²) in [6, 6.07) is 11.1. The molecule has 1 N–H and O–H groups in total. The number of hydrogen-bond acceptors (Lipinski definition) is 2. The molecule has 1 atom stereocenters. The van der Waals surface area contributed by atoms with Crippen LogP contribution in [0.4, 0.5) is 19.3 Å². The van der Waals surface area contributed by atoms with Crippen molar-refractivity contribution in [2.24, 2.45) is 0 Å². The number of nitriles is 1. The first-order valence-corrected chi connectivity index (χ1v) is 7.61. The summed E-state index contributed by atoms with van der Waals surface area (Å²) >= 11 is 0. The minimum absolute atomic E-state index is 0.0703. The standard InChI is InChI=1S/C18H15F2N3O/c19-14-5-3-12(4-6-14)17-2-1-9-23(17)18(24)22-16-8-7-15(20)10-13(16)11-21/h3-8,10,17H,1-2,9H2,(H,22,24). The predicted octanol–water partition coefficient (Wildman–Crippen LogP) is 4.21. The van der Waals surface area contributed by atoms with Crippen LogP contribution in [0, 0.1) is 23.0 Å². The van der Waals surface area contributed by atoms with Gasteiger partial charge in [-0.1, -0.05) is 12.1 Å². The Hall–Kier alpha value is -2.94. The van der Waals surface area contributed by atoms with Crippen LogP contribution in [-0.2, 0) is 0 Å². The maximum Gasteiger partial charge on any atom is 0.322 e. The second-order valence-corrected chi connectivity index (χ2v) is 5.63. The smallest absolute Gasteiger partial charge is 0.317 e. The molecule has 2 amide bonds. The summed E-state index contributed by atoms with van der Waals surface area (Å²) in [7, 11) is 0. The van der Waals surface area contributed by atoms with Crippen LogP contribution < -0.4 is 5.32 Å². The van der Waals surface area contributed by atoms with Crippen LogP contribution in [0.3, 0.4) is 0 Å². The highest BCUT2D eigenvalue weighted by Crippen LogP contribution is 2.32. The van der Waals surface area contributed by atoms with Crippen LogP contribution in [0.1, 0.15) is 30.0 Å². The van der Waals surface area contributed by atoms with Crippen molar-refractivity contribution < 1.29 is 13.6 Å². The van der Waals surface area contributed by atoms with E-state index in [2.05, 4.69) is 5.32 Å². The Labute approximate surface area is 138 Å². The Morgan fingerprint density at radius 3 is 2.58 bits per heavy atom. The summed E-state index contributed by atoms with van der Waals surface area (Å²) in [5.74, 6) is -0.854. The number of carbonyl (C=O) groups is 1. The molecule has 0 aromatic heterocycles. The topological polar surface area (TPSA) is 56.1 Å². The van der Waals surface area contributed by atoms with E-state index in [1.54, 1.807) is 17.0 Å². The second-order valence-electron chi connectivity index (χ2n) is 5.63. The summed E-state index contributed by atoms with van der Waals surface area (Å²) in [5, 5.41) is 11.7. The molecule has 0 bridgehead atoms. The highest BCUT2D eigenvalue weighted by Gasteiger charge is 2.30. The Morgan fingerprint density at radius 1 is 1.17 bits per heavy atom. The van der Waals surface area contributed by atoms with Gasteiger partial charge in [0.2, 0.25) is 0 Å². The van der Waals surface area contributed by atoms with Gasteiger partial charge in [0.15, 0.2) is 0 Å². The predicted molar refractivity (Wildman–Crippen MR) is 85.2 cm³/mol. The van der Waals surface area contributed by atoms with E-state index < -0.39 is 5.82 Å². The Kier molecular flexibility index (Phi) is 4.43. The van der Waals surface area contributed by atoms with E-state index in [0.29, 0.717) is 6.54 Å². The Morgan fingerprint density at radius 2 is 1.88 bits per heavy atom. The van der Waals surface area contributed by atoms with Gasteiger partial charge in [0, 0.05) is 6.54 Å². The summed E-state index contributed by atoms with van der Waals surface area (Å²) in [5.41, 5.74) is 1.21. The molecule has 6 heteroatoms. The van der Waals surface area contributed by atoms with Crippen molar-refractivity contribution in [1.29, 1.82) is 5.26 Å². The number of urea groups is 1. The number of carbonyl (C=O) groups excluding carboxylic acids is 1. The van der Waals surface area contributed by atoms with Gasteiger partial charge in [0.05, 0.1) is 17.3 Å². The van der Waals surface area contributed by atoms with Gasteiger partial charge in [-0.2, -0.15) is 5.26 Å².